The van der Waals surface area contributed by atoms with E-state index in [9.17, 15) is 13.2 Å². The lowest BCUT2D eigenvalue weighted by atomic mass is 10.1. The molecule has 1 amide bonds. The summed E-state index contributed by atoms with van der Waals surface area (Å²) in [6, 6.07) is 26.8. The van der Waals surface area contributed by atoms with Crippen molar-refractivity contribution in [2.75, 3.05) is 11.4 Å². The fraction of sp³-hybridized carbons (Fsp3) is 0.0769. The summed E-state index contributed by atoms with van der Waals surface area (Å²) in [5.74, 6) is -0.387. The van der Waals surface area contributed by atoms with Crippen molar-refractivity contribution in [2.45, 2.75) is 11.8 Å². The lowest BCUT2D eigenvalue weighted by Gasteiger charge is -2.19. The molecule has 0 saturated carbocycles. The molecule has 0 aliphatic rings. The largest absolute Gasteiger partial charge is 0.271 e. The first-order valence-corrected chi connectivity index (χ1v) is 11.8. The second-order valence-electron chi connectivity index (χ2n) is 7.60. The molecule has 0 fully saturated rings. The van der Waals surface area contributed by atoms with Crippen LogP contribution >= 0.6 is 0 Å². The lowest BCUT2D eigenvalue weighted by Crippen LogP contribution is -2.26. The molecule has 0 bridgehead atoms. The van der Waals surface area contributed by atoms with Crippen molar-refractivity contribution in [1.82, 2.24) is 5.43 Å². The van der Waals surface area contributed by atoms with E-state index in [1.807, 2.05) is 49.4 Å². The second kappa shape index (κ2) is 9.26. The zero-order valence-corrected chi connectivity index (χ0v) is 19.1. The van der Waals surface area contributed by atoms with Crippen molar-refractivity contribution in [3.8, 4) is 0 Å². The van der Waals surface area contributed by atoms with Gasteiger partial charge in [-0.05, 0) is 54.1 Å². The van der Waals surface area contributed by atoms with Crippen molar-refractivity contribution < 1.29 is 13.2 Å². The highest BCUT2D eigenvalue weighted by Gasteiger charge is 2.21. The maximum atomic E-state index is 12.9. The second-order valence-corrected chi connectivity index (χ2v) is 9.57. The Labute approximate surface area is 193 Å². The standard InChI is InChI=1S/C26H23N3O3S/c1-19-10-16-24(17-11-19)33(31,32)29(2)23-14-12-21(13-15-23)26(30)28-27-18-22-8-5-7-20-6-3-4-9-25(20)22/h3-18H,1-2H3,(H,28,30)/b27-18-. The topological polar surface area (TPSA) is 78.8 Å². The van der Waals surface area contributed by atoms with Crippen molar-refractivity contribution in [3.63, 3.8) is 0 Å². The molecule has 0 aromatic heterocycles. The van der Waals surface area contributed by atoms with E-state index in [0.29, 0.717) is 11.3 Å². The Balaban J connectivity index is 1.46. The number of nitrogens with one attached hydrogen (secondary N) is 1. The van der Waals surface area contributed by atoms with Crippen LogP contribution in [0.2, 0.25) is 0 Å². The first kappa shape index (κ1) is 22.2. The number of nitrogens with zero attached hydrogens (tertiary/aromatic N) is 2. The van der Waals surface area contributed by atoms with Gasteiger partial charge in [-0.25, -0.2) is 13.8 Å². The number of amides is 1. The van der Waals surface area contributed by atoms with Gasteiger partial charge in [0, 0.05) is 18.2 Å². The number of hydrazone groups is 1. The summed E-state index contributed by atoms with van der Waals surface area (Å²) in [5, 5.41) is 6.21. The molecule has 0 radical (unpaired) electrons. The normalized spacial score (nSPS) is 11.6. The summed E-state index contributed by atoms with van der Waals surface area (Å²) in [6.07, 6.45) is 1.61. The molecule has 33 heavy (non-hydrogen) atoms. The number of aryl methyl sites for hydroxylation is 1. The van der Waals surface area contributed by atoms with Crippen LogP contribution < -0.4 is 9.73 Å². The van der Waals surface area contributed by atoms with Crippen molar-refractivity contribution >= 4 is 38.6 Å². The highest BCUT2D eigenvalue weighted by atomic mass is 32.2. The van der Waals surface area contributed by atoms with Gasteiger partial charge in [-0.3, -0.25) is 9.10 Å². The number of benzene rings is 4. The number of carbonyl (C=O) groups excluding carboxylic acids is 1. The summed E-state index contributed by atoms with van der Waals surface area (Å²) in [4.78, 5) is 12.7. The van der Waals surface area contributed by atoms with Gasteiger partial charge in [0.15, 0.2) is 0 Å². The minimum absolute atomic E-state index is 0.209. The fourth-order valence-corrected chi connectivity index (χ4v) is 4.61. The summed E-state index contributed by atoms with van der Waals surface area (Å²) in [6.45, 7) is 1.90. The Bertz CT molecular complexity index is 1420. The van der Waals surface area contributed by atoms with E-state index in [4.69, 9.17) is 0 Å². The molecule has 4 aromatic carbocycles. The van der Waals surface area contributed by atoms with E-state index < -0.39 is 10.0 Å². The van der Waals surface area contributed by atoms with Gasteiger partial charge in [-0.1, -0.05) is 60.2 Å². The number of anilines is 1. The van der Waals surface area contributed by atoms with E-state index in [1.54, 1.807) is 54.7 Å². The van der Waals surface area contributed by atoms with Crippen LogP contribution in [0, 0.1) is 6.92 Å². The molecule has 0 atom stereocenters. The molecule has 0 saturated heterocycles. The zero-order valence-electron chi connectivity index (χ0n) is 18.3. The quantitative estimate of drug-likeness (QED) is 0.336. The van der Waals surface area contributed by atoms with E-state index >= 15 is 0 Å². The molecule has 0 aliphatic heterocycles. The molecule has 7 heteroatoms. The molecular weight excluding hydrogens is 434 g/mol. The third kappa shape index (κ3) is 4.78. The Hall–Kier alpha value is -3.97. The number of rotatable bonds is 6. The van der Waals surface area contributed by atoms with Gasteiger partial charge in [0.05, 0.1) is 16.8 Å². The third-order valence-corrected chi connectivity index (χ3v) is 7.17. The number of hydrogen-bond acceptors (Lipinski definition) is 4. The molecule has 6 nitrogen and oxygen atoms in total. The monoisotopic (exact) mass is 457 g/mol. The van der Waals surface area contributed by atoms with Crippen molar-refractivity contribution in [3.05, 3.63) is 108 Å². The molecule has 166 valence electrons. The van der Waals surface area contributed by atoms with Gasteiger partial charge in [-0.15, -0.1) is 0 Å². The van der Waals surface area contributed by atoms with Gasteiger partial charge in [0.1, 0.15) is 0 Å². The predicted molar refractivity (Wildman–Crippen MR) is 132 cm³/mol. The van der Waals surface area contributed by atoms with Crippen LogP contribution in [0.4, 0.5) is 5.69 Å². The van der Waals surface area contributed by atoms with Crippen LogP contribution in [-0.4, -0.2) is 27.6 Å². The van der Waals surface area contributed by atoms with Crippen molar-refractivity contribution in [2.24, 2.45) is 5.10 Å². The van der Waals surface area contributed by atoms with E-state index in [1.165, 1.54) is 11.4 Å². The molecule has 4 aromatic rings. The zero-order chi connectivity index (χ0) is 23.4. The van der Waals surface area contributed by atoms with E-state index in [0.717, 1.165) is 21.9 Å². The maximum Gasteiger partial charge on any atom is 0.271 e. The van der Waals surface area contributed by atoms with Gasteiger partial charge in [0.2, 0.25) is 0 Å². The van der Waals surface area contributed by atoms with Gasteiger partial charge in [-0.2, -0.15) is 5.10 Å². The Morgan fingerprint density at radius 2 is 1.55 bits per heavy atom. The first-order valence-electron chi connectivity index (χ1n) is 10.3. The maximum absolute atomic E-state index is 12.9. The molecular formula is C26H23N3O3S. The molecule has 0 spiro atoms. The van der Waals surface area contributed by atoms with Crippen LogP contribution in [0.25, 0.3) is 10.8 Å². The van der Waals surface area contributed by atoms with Crippen LogP contribution in [0.3, 0.4) is 0 Å². The highest BCUT2D eigenvalue weighted by Crippen LogP contribution is 2.23. The predicted octanol–water partition coefficient (Wildman–Crippen LogP) is 4.74. The minimum atomic E-state index is -3.70. The Morgan fingerprint density at radius 3 is 2.27 bits per heavy atom. The summed E-state index contributed by atoms with van der Waals surface area (Å²) < 4.78 is 26.9. The van der Waals surface area contributed by atoms with Crippen LogP contribution in [0.5, 0.6) is 0 Å². The third-order valence-electron chi connectivity index (χ3n) is 5.37. The average Bonchev–Trinajstić information content (AvgIpc) is 2.84. The van der Waals surface area contributed by atoms with Crippen LogP contribution in [-0.2, 0) is 10.0 Å². The lowest BCUT2D eigenvalue weighted by molar-refractivity contribution is 0.0955. The first-order chi connectivity index (χ1) is 15.9. The van der Waals surface area contributed by atoms with Gasteiger partial charge >= 0.3 is 0 Å². The fourth-order valence-electron chi connectivity index (χ4n) is 3.42. The summed E-state index contributed by atoms with van der Waals surface area (Å²) in [5.41, 5.74) is 5.22. The number of sulfonamides is 1. The number of carbonyl (C=O) groups is 1. The minimum Gasteiger partial charge on any atom is -0.269 e. The van der Waals surface area contributed by atoms with E-state index in [-0.39, 0.29) is 10.8 Å². The highest BCUT2D eigenvalue weighted by molar-refractivity contribution is 7.92. The Kier molecular flexibility index (Phi) is 6.24. The molecule has 0 unspecified atom stereocenters. The molecule has 0 aliphatic carbocycles. The van der Waals surface area contributed by atoms with Crippen LogP contribution in [0.1, 0.15) is 21.5 Å². The summed E-state index contributed by atoms with van der Waals surface area (Å²) >= 11 is 0. The van der Waals surface area contributed by atoms with Crippen LogP contribution in [0.15, 0.2) is 101 Å². The average molecular weight is 458 g/mol. The van der Waals surface area contributed by atoms with Gasteiger partial charge < -0.3 is 0 Å². The molecule has 1 N–H and O–H groups in total. The van der Waals surface area contributed by atoms with E-state index in [2.05, 4.69) is 10.5 Å². The smallest absolute Gasteiger partial charge is 0.269 e. The molecule has 4 rings (SSSR count). The number of hydrogen-bond donors (Lipinski definition) is 1. The number of fused-ring (bicyclic) bond motifs is 1. The van der Waals surface area contributed by atoms with Gasteiger partial charge in [0.25, 0.3) is 15.9 Å². The van der Waals surface area contributed by atoms with Crippen molar-refractivity contribution in [1.29, 1.82) is 0 Å². The summed E-state index contributed by atoms with van der Waals surface area (Å²) in [7, 11) is -2.21. The SMILES string of the molecule is Cc1ccc(S(=O)(=O)N(C)c2ccc(C(=O)N/N=C\c3cccc4ccccc34)cc2)cc1. The Morgan fingerprint density at radius 1 is 0.879 bits per heavy atom. The molecule has 0 heterocycles.